The van der Waals surface area contributed by atoms with E-state index in [1.54, 1.807) is 5.51 Å². The Morgan fingerprint density at radius 3 is 3.05 bits per heavy atom. The lowest BCUT2D eigenvalue weighted by Crippen LogP contribution is -2.01. The van der Waals surface area contributed by atoms with Crippen molar-refractivity contribution in [3.63, 3.8) is 0 Å². The molecule has 5 nitrogen and oxygen atoms in total. The monoisotopic (exact) mass is 297 g/mol. The lowest BCUT2D eigenvalue weighted by Gasteiger charge is -2.11. The molecule has 0 fully saturated rings. The van der Waals surface area contributed by atoms with Crippen LogP contribution in [0.5, 0.6) is 11.5 Å². The van der Waals surface area contributed by atoms with Gasteiger partial charge in [0.15, 0.2) is 11.5 Å². The number of hydrogen-bond acceptors (Lipinski definition) is 6. The zero-order chi connectivity index (χ0) is 13.1. The molecule has 1 aromatic carbocycles. The van der Waals surface area contributed by atoms with Gasteiger partial charge >= 0.3 is 0 Å². The van der Waals surface area contributed by atoms with Gasteiger partial charge in [0.1, 0.15) is 5.51 Å². The predicted molar refractivity (Wildman–Crippen MR) is 74.3 cm³/mol. The molecular weight excluding hydrogens is 286 g/mol. The first-order chi connectivity index (χ1) is 9.33. The van der Waals surface area contributed by atoms with Crippen molar-refractivity contribution in [2.24, 2.45) is 0 Å². The normalized spacial score (nSPS) is 13.9. The summed E-state index contributed by atoms with van der Waals surface area (Å²) >= 11 is 7.68. The van der Waals surface area contributed by atoms with Crippen molar-refractivity contribution >= 4 is 28.1 Å². The molecule has 1 aromatic heterocycles. The Kier molecular flexibility index (Phi) is 3.70. The molecule has 1 aliphatic heterocycles. The summed E-state index contributed by atoms with van der Waals surface area (Å²) in [5.41, 5.74) is 2.70. The summed E-state index contributed by atoms with van der Waals surface area (Å²) in [5.74, 6) is 1.35. The number of anilines is 1. The highest BCUT2D eigenvalue weighted by atomic mass is 35.5. The van der Waals surface area contributed by atoms with Gasteiger partial charge in [-0.25, -0.2) is 0 Å². The highest BCUT2D eigenvalue weighted by molar-refractivity contribution is 7.13. The molecule has 2 heterocycles. The van der Waals surface area contributed by atoms with Gasteiger partial charge in [0.2, 0.25) is 5.13 Å². The molecule has 0 bridgehead atoms. The van der Waals surface area contributed by atoms with E-state index >= 15 is 0 Å². The molecule has 3 rings (SSSR count). The van der Waals surface area contributed by atoms with E-state index in [4.69, 9.17) is 21.1 Å². The van der Waals surface area contributed by atoms with Crippen molar-refractivity contribution in [2.75, 3.05) is 18.5 Å². The number of hydrogen-bond donors (Lipinski definition) is 1. The van der Waals surface area contributed by atoms with Gasteiger partial charge in [-0.15, -0.1) is 10.2 Å². The van der Waals surface area contributed by atoms with Gasteiger partial charge in [-0.2, -0.15) is 0 Å². The van der Waals surface area contributed by atoms with Crippen LogP contribution in [-0.2, 0) is 6.54 Å². The molecule has 1 aliphatic rings. The lowest BCUT2D eigenvalue weighted by molar-refractivity contribution is 0.297. The van der Waals surface area contributed by atoms with Crippen LogP contribution in [0, 0.1) is 0 Å². The van der Waals surface area contributed by atoms with Crippen LogP contribution in [0.3, 0.4) is 0 Å². The number of halogens is 1. The summed E-state index contributed by atoms with van der Waals surface area (Å²) in [5, 5.41) is 12.2. The van der Waals surface area contributed by atoms with Crippen LogP contribution < -0.4 is 14.8 Å². The molecule has 0 saturated carbocycles. The Hall–Kier alpha value is -1.53. The van der Waals surface area contributed by atoms with Crippen molar-refractivity contribution < 1.29 is 9.47 Å². The third kappa shape index (κ3) is 2.90. The van der Waals surface area contributed by atoms with E-state index in [2.05, 4.69) is 15.5 Å². The zero-order valence-electron chi connectivity index (χ0n) is 10.1. The average molecular weight is 298 g/mol. The van der Waals surface area contributed by atoms with Gasteiger partial charge in [0.25, 0.3) is 0 Å². The Labute approximate surface area is 119 Å². The third-order valence-corrected chi connectivity index (χ3v) is 3.60. The topological polar surface area (TPSA) is 56.3 Å². The molecule has 0 radical (unpaired) electrons. The molecular formula is C12H12ClN3O2S. The van der Waals surface area contributed by atoms with Crippen LogP contribution in [0.25, 0.3) is 0 Å². The molecule has 100 valence electrons. The predicted octanol–water partition coefficient (Wildman–Crippen LogP) is 2.96. The number of rotatable bonds is 3. The minimum Gasteiger partial charge on any atom is -0.489 e. The molecule has 0 aliphatic carbocycles. The van der Waals surface area contributed by atoms with Crippen LogP contribution in [0.2, 0.25) is 5.02 Å². The summed E-state index contributed by atoms with van der Waals surface area (Å²) in [6.07, 6.45) is 0.864. The minimum atomic E-state index is 0.577. The second-order valence-electron chi connectivity index (χ2n) is 4.05. The third-order valence-electron chi connectivity index (χ3n) is 2.67. The van der Waals surface area contributed by atoms with Crippen LogP contribution in [0.1, 0.15) is 12.0 Å². The molecule has 7 heteroatoms. The second kappa shape index (κ2) is 5.63. The van der Waals surface area contributed by atoms with Crippen LogP contribution in [0.15, 0.2) is 17.6 Å². The Balaban J connectivity index is 1.79. The van der Waals surface area contributed by atoms with Gasteiger partial charge in [0, 0.05) is 13.0 Å². The molecule has 0 saturated heterocycles. The zero-order valence-corrected chi connectivity index (χ0v) is 11.6. The van der Waals surface area contributed by atoms with Gasteiger partial charge in [-0.3, -0.25) is 0 Å². The average Bonchev–Trinajstić information content (AvgIpc) is 2.81. The first kappa shape index (κ1) is 12.5. The SMILES string of the molecule is Clc1cc(CNc2nncs2)cc2c1OCCCO2. The Morgan fingerprint density at radius 2 is 2.21 bits per heavy atom. The van der Waals surface area contributed by atoms with Crippen LogP contribution in [0.4, 0.5) is 5.13 Å². The van der Waals surface area contributed by atoms with E-state index in [1.807, 2.05) is 12.1 Å². The van der Waals surface area contributed by atoms with Crippen molar-refractivity contribution in [2.45, 2.75) is 13.0 Å². The summed E-state index contributed by atoms with van der Waals surface area (Å²) in [7, 11) is 0. The van der Waals surface area contributed by atoms with E-state index in [9.17, 15) is 0 Å². The smallest absolute Gasteiger partial charge is 0.205 e. The van der Waals surface area contributed by atoms with Crippen molar-refractivity contribution in [3.05, 3.63) is 28.2 Å². The summed E-state index contributed by atoms with van der Waals surface area (Å²) in [6.45, 7) is 1.90. The molecule has 0 amide bonds. The van der Waals surface area contributed by atoms with E-state index in [0.717, 1.165) is 17.1 Å². The highest BCUT2D eigenvalue weighted by Crippen LogP contribution is 2.38. The fraction of sp³-hybridized carbons (Fsp3) is 0.333. The van der Waals surface area contributed by atoms with Crippen LogP contribution in [-0.4, -0.2) is 23.4 Å². The molecule has 0 atom stereocenters. The number of aromatic nitrogens is 2. The number of benzene rings is 1. The largest absolute Gasteiger partial charge is 0.489 e. The van der Waals surface area contributed by atoms with Gasteiger partial charge in [-0.1, -0.05) is 22.9 Å². The van der Waals surface area contributed by atoms with Crippen LogP contribution >= 0.6 is 22.9 Å². The molecule has 1 N–H and O–H groups in total. The maximum Gasteiger partial charge on any atom is 0.205 e. The standard InChI is InChI=1S/C12H12ClN3O2S/c13-9-4-8(6-14-12-16-15-7-19-12)5-10-11(9)18-3-1-2-17-10/h4-5,7H,1-3,6H2,(H,14,16). The number of ether oxygens (including phenoxy) is 2. The summed E-state index contributed by atoms with van der Waals surface area (Å²) < 4.78 is 11.2. The van der Waals surface area contributed by atoms with E-state index in [0.29, 0.717) is 36.3 Å². The molecule has 19 heavy (non-hydrogen) atoms. The number of fused-ring (bicyclic) bond motifs is 1. The van der Waals surface area contributed by atoms with Crippen molar-refractivity contribution in [1.82, 2.24) is 10.2 Å². The highest BCUT2D eigenvalue weighted by Gasteiger charge is 2.15. The van der Waals surface area contributed by atoms with E-state index < -0.39 is 0 Å². The number of nitrogens with zero attached hydrogens (tertiary/aromatic N) is 2. The van der Waals surface area contributed by atoms with E-state index in [1.165, 1.54) is 11.3 Å². The van der Waals surface area contributed by atoms with E-state index in [-0.39, 0.29) is 0 Å². The summed E-state index contributed by atoms with van der Waals surface area (Å²) in [6, 6.07) is 3.82. The first-order valence-corrected chi connectivity index (χ1v) is 7.17. The summed E-state index contributed by atoms with van der Waals surface area (Å²) in [4.78, 5) is 0. The van der Waals surface area contributed by atoms with Gasteiger partial charge in [-0.05, 0) is 17.7 Å². The minimum absolute atomic E-state index is 0.577. The molecule has 0 spiro atoms. The Bertz CT molecular complexity index is 562. The first-order valence-electron chi connectivity index (χ1n) is 5.91. The quantitative estimate of drug-likeness (QED) is 0.944. The second-order valence-corrected chi connectivity index (χ2v) is 5.29. The maximum absolute atomic E-state index is 6.22. The number of nitrogens with one attached hydrogen (secondary N) is 1. The van der Waals surface area contributed by atoms with Gasteiger partial charge < -0.3 is 14.8 Å². The van der Waals surface area contributed by atoms with Gasteiger partial charge in [0.05, 0.1) is 18.2 Å². The lowest BCUT2D eigenvalue weighted by atomic mass is 10.2. The maximum atomic E-state index is 6.22. The fourth-order valence-electron chi connectivity index (χ4n) is 1.81. The Morgan fingerprint density at radius 1 is 1.32 bits per heavy atom. The fourth-order valence-corrected chi connectivity index (χ4v) is 2.55. The van der Waals surface area contributed by atoms with Crippen molar-refractivity contribution in [1.29, 1.82) is 0 Å². The molecule has 0 unspecified atom stereocenters. The molecule has 2 aromatic rings. The van der Waals surface area contributed by atoms with Crippen molar-refractivity contribution in [3.8, 4) is 11.5 Å².